The van der Waals surface area contributed by atoms with Crippen molar-refractivity contribution in [2.24, 2.45) is 0 Å². The highest BCUT2D eigenvalue weighted by molar-refractivity contribution is 5.16. The van der Waals surface area contributed by atoms with Crippen molar-refractivity contribution in [3.8, 4) is 0 Å². The van der Waals surface area contributed by atoms with Crippen molar-refractivity contribution in [1.82, 2.24) is 9.80 Å². The zero-order chi connectivity index (χ0) is 32.6. The van der Waals surface area contributed by atoms with Crippen LogP contribution < -0.4 is 0 Å². The van der Waals surface area contributed by atoms with Crippen LogP contribution in [0.1, 0.15) is 218 Å². The summed E-state index contributed by atoms with van der Waals surface area (Å²) in [6, 6.07) is 11.1. The van der Waals surface area contributed by atoms with Crippen molar-refractivity contribution in [3.63, 3.8) is 0 Å². The van der Waals surface area contributed by atoms with Crippen LogP contribution in [0.3, 0.4) is 0 Å². The summed E-state index contributed by atoms with van der Waals surface area (Å²) in [5.74, 6) is 0. The Kier molecular flexibility index (Phi) is 27.3. The molecule has 46 heavy (non-hydrogen) atoms. The highest BCUT2D eigenvalue weighted by atomic mass is 15.4. The van der Waals surface area contributed by atoms with Crippen LogP contribution in [0.5, 0.6) is 0 Å². The van der Waals surface area contributed by atoms with E-state index in [1.54, 1.807) is 0 Å². The molecule has 0 radical (unpaired) electrons. The number of unbranched alkanes of at least 4 members (excludes halogenated alkanes) is 28. The Balaban J connectivity index is 1.50. The minimum absolute atomic E-state index is 0.550. The summed E-state index contributed by atoms with van der Waals surface area (Å²) in [4.78, 5) is 5.29. The maximum Gasteiger partial charge on any atom is 0.101 e. The Morgan fingerprint density at radius 3 is 1.15 bits per heavy atom. The quantitative estimate of drug-likeness (QED) is 0.0694. The van der Waals surface area contributed by atoms with Crippen molar-refractivity contribution in [3.05, 3.63) is 48.3 Å². The molecule has 0 aromatic heterocycles. The van der Waals surface area contributed by atoms with Gasteiger partial charge in [-0.2, -0.15) is 0 Å². The lowest BCUT2D eigenvalue weighted by Gasteiger charge is -2.33. The summed E-state index contributed by atoms with van der Waals surface area (Å²) in [5.41, 5.74) is 1.43. The first-order chi connectivity index (χ1) is 22.8. The van der Waals surface area contributed by atoms with Crippen LogP contribution >= 0.6 is 0 Å². The van der Waals surface area contributed by atoms with Gasteiger partial charge in [-0.1, -0.05) is 224 Å². The third-order valence-electron chi connectivity index (χ3n) is 10.5. The normalized spacial score (nSPS) is 14.6. The second-order valence-electron chi connectivity index (χ2n) is 14.9. The van der Waals surface area contributed by atoms with E-state index in [0.29, 0.717) is 6.17 Å². The van der Waals surface area contributed by atoms with Gasteiger partial charge in [-0.05, 0) is 24.8 Å². The van der Waals surface area contributed by atoms with Gasteiger partial charge in [-0.15, -0.1) is 0 Å². The molecular formula is C44H80N2. The van der Waals surface area contributed by atoms with Crippen LogP contribution in [0.4, 0.5) is 0 Å². The maximum atomic E-state index is 2.68. The van der Waals surface area contributed by atoms with E-state index < -0.39 is 0 Å². The van der Waals surface area contributed by atoms with Crippen LogP contribution in [0, 0.1) is 0 Å². The van der Waals surface area contributed by atoms with E-state index in [2.05, 4.69) is 66.4 Å². The van der Waals surface area contributed by atoms with Gasteiger partial charge < -0.3 is 9.80 Å². The van der Waals surface area contributed by atoms with Crippen molar-refractivity contribution in [2.45, 2.75) is 226 Å². The lowest BCUT2D eigenvalue weighted by Crippen LogP contribution is -2.38. The van der Waals surface area contributed by atoms with Gasteiger partial charge in [0.2, 0.25) is 0 Å². The number of hydrogen-bond acceptors (Lipinski definition) is 2. The molecule has 1 aliphatic heterocycles. The Labute approximate surface area is 289 Å². The second-order valence-corrected chi connectivity index (χ2v) is 14.9. The predicted octanol–water partition coefficient (Wildman–Crippen LogP) is 14.7. The predicted molar refractivity (Wildman–Crippen MR) is 206 cm³/mol. The van der Waals surface area contributed by atoms with Gasteiger partial charge in [0, 0.05) is 25.5 Å². The average Bonchev–Trinajstić information content (AvgIpc) is 3.45. The fourth-order valence-corrected chi connectivity index (χ4v) is 7.43. The number of nitrogens with zero attached hydrogens (tertiary/aromatic N) is 2. The summed E-state index contributed by atoms with van der Waals surface area (Å²) < 4.78 is 0. The molecular weight excluding hydrogens is 556 g/mol. The van der Waals surface area contributed by atoms with E-state index in [0.717, 1.165) is 6.54 Å². The molecule has 0 aliphatic carbocycles. The number of rotatable bonds is 34. The highest BCUT2D eigenvalue weighted by Crippen LogP contribution is 2.25. The van der Waals surface area contributed by atoms with Crippen molar-refractivity contribution in [2.75, 3.05) is 6.54 Å². The average molecular weight is 637 g/mol. The fourth-order valence-electron chi connectivity index (χ4n) is 7.43. The van der Waals surface area contributed by atoms with Gasteiger partial charge in [0.15, 0.2) is 0 Å². The van der Waals surface area contributed by atoms with Gasteiger partial charge in [-0.3, -0.25) is 0 Å². The SMILES string of the molecule is CCCCCCCCCCCCCCCCCCCN1C=CN(Cc2ccccc2)C1CCCCCCCCCCCCCCC. The van der Waals surface area contributed by atoms with Gasteiger partial charge in [0.25, 0.3) is 0 Å². The van der Waals surface area contributed by atoms with E-state index >= 15 is 0 Å². The topological polar surface area (TPSA) is 6.48 Å². The molecule has 2 heteroatoms. The van der Waals surface area contributed by atoms with Crippen LogP contribution in [-0.4, -0.2) is 22.5 Å². The molecule has 1 heterocycles. The molecule has 0 bridgehead atoms. The van der Waals surface area contributed by atoms with Crippen molar-refractivity contribution < 1.29 is 0 Å². The summed E-state index contributed by atoms with van der Waals surface area (Å²) in [6.45, 7) is 6.88. The van der Waals surface area contributed by atoms with Crippen LogP contribution in [0.15, 0.2) is 42.7 Å². The Morgan fingerprint density at radius 1 is 0.391 bits per heavy atom. The molecule has 2 nitrogen and oxygen atoms in total. The van der Waals surface area contributed by atoms with Gasteiger partial charge in [0.1, 0.15) is 6.17 Å². The third-order valence-corrected chi connectivity index (χ3v) is 10.5. The fraction of sp³-hybridized carbons (Fsp3) is 0.818. The van der Waals surface area contributed by atoms with Crippen LogP contribution in [0.2, 0.25) is 0 Å². The molecule has 1 aliphatic rings. The minimum atomic E-state index is 0.550. The molecule has 1 unspecified atom stereocenters. The maximum absolute atomic E-state index is 2.68. The first kappa shape index (κ1) is 40.7. The van der Waals surface area contributed by atoms with E-state index in [4.69, 9.17) is 0 Å². The Hall–Kier alpha value is -1.44. The largest absolute Gasteiger partial charge is 0.356 e. The van der Waals surface area contributed by atoms with E-state index in [9.17, 15) is 0 Å². The second kappa shape index (κ2) is 30.9. The standard InChI is InChI=1S/C44H80N2/c1-3-5-7-9-11-13-15-17-18-19-20-22-24-26-28-30-35-39-45-40-41-46(42-43-36-32-31-33-37-43)44(45)38-34-29-27-25-23-21-16-14-12-10-8-6-4-2/h31-33,36-37,40-41,44H,3-30,34-35,38-39,42H2,1-2H3. The van der Waals surface area contributed by atoms with Crippen molar-refractivity contribution in [1.29, 1.82) is 0 Å². The monoisotopic (exact) mass is 637 g/mol. The Bertz CT molecular complexity index is 773. The van der Waals surface area contributed by atoms with Gasteiger partial charge >= 0.3 is 0 Å². The lowest BCUT2D eigenvalue weighted by molar-refractivity contribution is 0.132. The van der Waals surface area contributed by atoms with Gasteiger partial charge in [0.05, 0.1) is 0 Å². The summed E-state index contributed by atoms with van der Waals surface area (Å²) in [5, 5.41) is 0. The van der Waals surface area contributed by atoms with Gasteiger partial charge in [-0.25, -0.2) is 0 Å². The number of benzene rings is 1. The molecule has 0 saturated carbocycles. The van der Waals surface area contributed by atoms with E-state index in [1.807, 2.05) is 0 Å². The van der Waals surface area contributed by atoms with E-state index in [-0.39, 0.29) is 0 Å². The molecule has 0 amide bonds. The minimum Gasteiger partial charge on any atom is -0.356 e. The highest BCUT2D eigenvalue weighted by Gasteiger charge is 2.25. The summed E-state index contributed by atoms with van der Waals surface area (Å²) in [7, 11) is 0. The molecule has 0 spiro atoms. The third kappa shape index (κ3) is 22.2. The smallest absolute Gasteiger partial charge is 0.101 e. The van der Waals surface area contributed by atoms with Crippen LogP contribution in [0.25, 0.3) is 0 Å². The zero-order valence-electron chi connectivity index (χ0n) is 31.3. The molecule has 266 valence electrons. The van der Waals surface area contributed by atoms with Crippen LogP contribution in [-0.2, 0) is 6.54 Å². The molecule has 2 rings (SSSR count). The first-order valence-electron chi connectivity index (χ1n) is 21.1. The molecule has 0 saturated heterocycles. The molecule has 0 N–H and O–H groups in total. The first-order valence-corrected chi connectivity index (χ1v) is 21.1. The molecule has 0 fully saturated rings. The Morgan fingerprint density at radius 2 is 0.739 bits per heavy atom. The zero-order valence-corrected chi connectivity index (χ0v) is 31.3. The lowest BCUT2D eigenvalue weighted by atomic mass is 10.0. The summed E-state index contributed by atoms with van der Waals surface area (Å²) in [6.07, 6.45) is 49.8. The van der Waals surface area contributed by atoms with E-state index in [1.165, 1.54) is 211 Å². The molecule has 1 aromatic carbocycles. The van der Waals surface area contributed by atoms with Crippen molar-refractivity contribution >= 4 is 0 Å². The number of hydrogen-bond donors (Lipinski definition) is 0. The molecule has 1 aromatic rings. The molecule has 1 atom stereocenters. The summed E-state index contributed by atoms with van der Waals surface area (Å²) >= 11 is 0.